The lowest BCUT2D eigenvalue weighted by molar-refractivity contribution is 0.112. The van der Waals surface area contributed by atoms with Gasteiger partial charge in [-0.1, -0.05) is 30.3 Å². The van der Waals surface area contributed by atoms with Crippen LogP contribution in [0.25, 0.3) is 11.1 Å². The molecule has 0 aromatic heterocycles. The molecule has 0 aliphatic rings. The van der Waals surface area contributed by atoms with Gasteiger partial charge in [0.15, 0.2) is 0 Å². The van der Waals surface area contributed by atoms with Crippen molar-refractivity contribution in [2.75, 3.05) is 0 Å². The summed E-state index contributed by atoms with van der Waals surface area (Å²) in [4.78, 5) is 10.8. The molecule has 1 heteroatoms. The van der Waals surface area contributed by atoms with E-state index in [1.165, 1.54) is 11.1 Å². The van der Waals surface area contributed by atoms with Crippen LogP contribution in [0, 0.1) is 13.8 Å². The lowest BCUT2D eigenvalue weighted by atomic mass is 9.97. The summed E-state index contributed by atoms with van der Waals surface area (Å²) in [6, 6.07) is 14.1. The van der Waals surface area contributed by atoms with E-state index in [2.05, 4.69) is 25.1 Å². The Kier molecular flexibility index (Phi) is 2.86. The fourth-order valence-electron chi connectivity index (χ4n) is 1.93. The van der Waals surface area contributed by atoms with Crippen molar-refractivity contribution in [3.63, 3.8) is 0 Å². The van der Waals surface area contributed by atoms with E-state index in [-0.39, 0.29) is 0 Å². The molecule has 0 amide bonds. The van der Waals surface area contributed by atoms with Gasteiger partial charge in [0.05, 0.1) is 0 Å². The molecule has 0 unspecified atom stereocenters. The summed E-state index contributed by atoms with van der Waals surface area (Å²) >= 11 is 0. The molecule has 2 aromatic carbocycles. The number of hydrogen-bond acceptors (Lipinski definition) is 1. The number of hydrogen-bond donors (Lipinski definition) is 0. The normalized spacial score (nSPS) is 10.1. The summed E-state index contributed by atoms with van der Waals surface area (Å²) in [5.41, 5.74) is 5.38. The maximum atomic E-state index is 10.8. The van der Waals surface area contributed by atoms with Crippen molar-refractivity contribution in [1.82, 2.24) is 0 Å². The van der Waals surface area contributed by atoms with Crippen LogP contribution in [0.5, 0.6) is 0 Å². The van der Waals surface area contributed by atoms with E-state index in [4.69, 9.17) is 0 Å². The first-order chi connectivity index (χ1) is 7.70. The molecular formula is C15H14O. The molecule has 0 spiro atoms. The van der Waals surface area contributed by atoms with Gasteiger partial charge in [0.25, 0.3) is 0 Å². The molecule has 16 heavy (non-hydrogen) atoms. The molecule has 2 rings (SSSR count). The van der Waals surface area contributed by atoms with Gasteiger partial charge in [-0.15, -0.1) is 0 Å². The van der Waals surface area contributed by atoms with Gasteiger partial charge in [-0.25, -0.2) is 0 Å². The van der Waals surface area contributed by atoms with Crippen molar-refractivity contribution in [1.29, 1.82) is 0 Å². The molecule has 0 atom stereocenters. The highest BCUT2D eigenvalue weighted by Gasteiger charge is 2.03. The molecule has 0 saturated heterocycles. The number of rotatable bonds is 2. The van der Waals surface area contributed by atoms with Gasteiger partial charge in [-0.05, 0) is 48.2 Å². The fraction of sp³-hybridized carbons (Fsp3) is 0.133. The van der Waals surface area contributed by atoms with Gasteiger partial charge < -0.3 is 0 Å². The molecule has 0 saturated carbocycles. The lowest BCUT2D eigenvalue weighted by Gasteiger charge is -2.07. The van der Waals surface area contributed by atoms with Gasteiger partial charge in [0.1, 0.15) is 6.29 Å². The Balaban J connectivity index is 2.60. The van der Waals surface area contributed by atoms with Crippen LogP contribution in [0.1, 0.15) is 21.5 Å². The van der Waals surface area contributed by atoms with Crippen LogP contribution < -0.4 is 0 Å². The predicted octanol–water partition coefficient (Wildman–Crippen LogP) is 3.78. The quantitative estimate of drug-likeness (QED) is 0.689. The van der Waals surface area contributed by atoms with Crippen molar-refractivity contribution in [3.8, 4) is 11.1 Å². The predicted molar refractivity (Wildman–Crippen MR) is 66.7 cm³/mol. The maximum Gasteiger partial charge on any atom is 0.150 e. The Morgan fingerprint density at radius 3 is 2.44 bits per heavy atom. The molecule has 0 heterocycles. The highest BCUT2D eigenvalue weighted by molar-refractivity contribution is 5.80. The molecule has 1 nitrogen and oxygen atoms in total. The molecule has 2 aromatic rings. The maximum absolute atomic E-state index is 10.8. The zero-order valence-electron chi connectivity index (χ0n) is 9.53. The molecule has 0 N–H and O–H groups in total. The van der Waals surface area contributed by atoms with Crippen LogP contribution >= 0.6 is 0 Å². The average molecular weight is 210 g/mol. The van der Waals surface area contributed by atoms with Crippen LogP contribution in [-0.4, -0.2) is 6.29 Å². The fourth-order valence-corrected chi connectivity index (χ4v) is 1.93. The molecule has 0 aliphatic carbocycles. The Hall–Kier alpha value is -1.89. The number of aryl methyl sites for hydroxylation is 2. The molecular weight excluding hydrogens is 196 g/mol. The molecule has 0 radical (unpaired) electrons. The minimum atomic E-state index is 0.734. The number of benzene rings is 2. The second-order valence-corrected chi connectivity index (χ2v) is 4.07. The first-order valence-electron chi connectivity index (χ1n) is 5.33. The second-order valence-electron chi connectivity index (χ2n) is 4.07. The van der Waals surface area contributed by atoms with Crippen LogP contribution in [0.2, 0.25) is 0 Å². The molecule has 0 bridgehead atoms. The first-order valence-corrected chi connectivity index (χ1v) is 5.33. The summed E-state index contributed by atoms with van der Waals surface area (Å²) in [6.07, 6.45) is 0.898. The average Bonchev–Trinajstić information content (AvgIpc) is 2.28. The molecule has 0 fully saturated rings. The lowest BCUT2D eigenvalue weighted by Crippen LogP contribution is -1.87. The van der Waals surface area contributed by atoms with Gasteiger partial charge in [-0.2, -0.15) is 0 Å². The van der Waals surface area contributed by atoms with E-state index in [0.29, 0.717) is 0 Å². The van der Waals surface area contributed by atoms with Crippen LogP contribution in [0.4, 0.5) is 0 Å². The smallest absolute Gasteiger partial charge is 0.150 e. The van der Waals surface area contributed by atoms with E-state index >= 15 is 0 Å². The van der Waals surface area contributed by atoms with Crippen molar-refractivity contribution in [2.45, 2.75) is 13.8 Å². The minimum Gasteiger partial charge on any atom is -0.298 e. The van der Waals surface area contributed by atoms with Crippen molar-refractivity contribution >= 4 is 6.29 Å². The second kappa shape index (κ2) is 4.31. The Bertz CT molecular complexity index is 527. The standard InChI is InChI=1S/C15H14O/c1-11-7-13(10-16)9-14(8-11)15-6-4-3-5-12(15)2/h3-10H,1-2H3. The third kappa shape index (κ3) is 2.03. The van der Waals surface area contributed by atoms with Gasteiger partial charge in [-0.3, -0.25) is 4.79 Å². The highest BCUT2D eigenvalue weighted by atomic mass is 16.1. The summed E-state index contributed by atoms with van der Waals surface area (Å²) in [5, 5.41) is 0. The zero-order valence-corrected chi connectivity index (χ0v) is 9.53. The summed E-state index contributed by atoms with van der Waals surface area (Å²) in [7, 11) is 0. The number of aldehydes is 1. The minimum absolute atomic E-state index is 0.734. The Morgan fingerprint density at radius 1 is 1.00 bits per heavy atom. The summed E-state index contributed by atoms with van der Waals surface area (Å²) in [6.45, 7) is 4.09. The van der Waals surface area contributed by atoms with Crippen molar-refractivity contribution in [2.24, 2.45) is 0 Å². The van der Waals surface area contributed by atoms with E-state index in [1.807, 2.05) is 31.2 Å². The van der Waals surface area contributed by atoms with Crippen molar-refractivity contribution in [3.05, 3.63) is 59.2 Å². The highest BCUT2D eigenvalue weighted by Crippen LogP contribution is 2.24. The summed E-state index contributed by atoms with van der Waals surface area (Å²) < 4.78 is 0. The molecule has 80 valence electrons. The van der Waals surface area contributed by atoms with Gasteiger partial charge >= 0.3 is 0 Å². The first kappa shape index (κ1) is 10.6. The molecule has 0 aliphatic heterocycles. The Labute approximate surface area is 95.7 Å². The van der Waals surface area contributed by atoms with E-state index in [1.54, 1.807) is 0 Å². The zero-order chi connectivity index (χ0) is 11.5. The van der Waals surface area contributed by atoms with Gasteiger partial charge in [0, 0.05) is 5.56 Å². The monoisotopic (exact) mass is 210 g/mol. The number of carbonyl (C=O) groups is 1. The van der Waals surface area contributed by atoms with Crippen molar-refractivity contribution < 1.29 is 4.79 Å². The van der Waals surface area contributed by atoms with Crippen LogP contribution in [0.3, 0.4) is 0 Å². The Morgan fingerprint density at radius 2 is 1.75 bits per heavy atom. The SMILES string of the molecule is Cc1cc(C=O)cc(-c2ccccc2C)c1. The third-order valence-corrected chi connectivity index (χ3v) is 2.69. The van der Waals surface area contributed by atoms with E-state index in [0.717, 1.165) is 23.0 Å². The number of carbonyl (C=O) groups excluding carboxylic acids is 1. The third-order valence-electron chi connectivity index (χ3n) is 2.69. The topological polar surface area (TPSA) is 17.1 Å². The van der Waals surface area contributed by atoms with Crippen LogP contribution in [0.15, 0.2) is 42.5 Å². The van der Waals surface area contributed by atoms with Gasteiger partial charge in [0.2, 0.25) is 0 Å². The van der Waals surface area contributed by atoms with Crippen LogP contribution in [-0.2, 0) is 0 Å². The van der Waals surface area contributed by atoms with E-state index in [9.17, 15) is 4.79 Å². The largest absolute Gasteiger partial charge is 0.298 e. The van der Waals surface area contributed by atoms with E-state index < -0.39 is 0 Å². The summed E-state index contributed by atoms with van der Waals surface area (Å²) in [5.74, 6) is 0.